The highest BCUT2D eigenvalue weighted by molar-refractivity contribution is 5.34. The summed E-state index contributed by atoms with van der Waals surface area (Å²) in [7, 11) is 0. The Morgan fingerprint density at radius 2 is 1.80 bits per heavy atom. The van der Waals surface area contributed by atoms with Crippen LogP contribution in [0.25, 0.3) is 5.69 Å². The molecule has 2 heteroatoms. The molecule has 0 radical (unpaired) electrons. The second-order valence-corrected chi connectivity index (χ2v) is 2.99. The molecule has 2 nitrogen and oxygen atoms in total. The number of nitrogens with zero attached hydrogens (tertiary/aromatic N) is 2. The third-order valence-corrected chi connectivity index (χ3v) is 2.15. The number of aryl methyl sites for hydroxylation is 1. The van der Waals surface area contributed by atoms with Crippen LogP contribution in [-0.2, 0) is 6.42 Å². The normalized spacial score (nSPS) is 9.27. The van der Waals surface area contributed by atoms with E-state index in [4.69, 9.17) is 0 Å². The molecule has 0 amide bonds. The Kier molecular flexibility index (Phi) is 4.61. The molecule has 0 aliphatic rings. The summed E-state index contributed by atoms with van der Waals surface area (Å²) in [5.41, 5.74) is 2.53. The average molecular weight is 202 g/mol. The van der Waals surface area contributed by atoms with Crippen LogP contribution in [0.3, 0.4) is 0 Å². The molecule has 15 heavy (non-hydrogen) atoms. The summed E-state index contributed by atoms with van der Waals surface area (Å²) in [6.07, 6.45) is 6.62. The van der Waals surface area contributed by atoms with Crippen LogP contribution in [0.1, 0.15) is 26.3 Å². The quantitative estimate of drug-likeness (QED) is 0.729. The Labute approximate surface area is 91.6 Å². The first kappa shape index (κ1) is 11.5. The zero-order valence-electron chi connectivity index (χ0n) is 9.64. The van der Waals surface area contributed by atoms with Gasteiger partial charge in [0.25, 0.3) is 0 Å². The molecule has 2 aromatic rings. The van der Waals surface area contributed by atoms with Crippen molar-refractivity contribution in [1.29, 1.82) is 0 Å². The van der Waals surface area contributed by atoms with E-state index in [1.807, 2.05) is 24.6 Å². The summed E-state index contributed by atoms with van der Waals surface area (Å²) in [6.45, 7) is 6.16. The molecule has 0 aliphatic heterocycles. The van der Waals surface area contributed by atoms with Crippen LogP contribution in [0.4, 0.5) is 0 Å². The number of hydrogen-bond donors (Lipinski definition) is 0. The van der Waals surface area contributed by atoms with Crippen LogP contribution < -0.4 is 0 Å². The lowest BCUT2D eigenvalue weighted by Gasteiger charge is -2.02. The third-order valence-electron chi connectivity index (χ3n) is 2.15. The van der Waals surface area contributed by atoms with Crippen molar-refractivity contribution in [2.24, 2.45) is 0 Å². The van der Waals surface area contributed by atoms with Crippen molar-refractivity contribution >= 4 is 0 Å². The van der Waals surface area contributed by atoms with Gasteiger partial charge in [-0.1, -0.05) is 32.9 Å². The van der Waals surface area contributed by atoms with Gasteiger partial charge in [0.05, 0.1) is 6.33 Å². The minimum absolute atomic E-state index is 1.09. The fourth-order valence-electron chi connectivity index (χ4n) is 1.32. The van der Waals surface area contributed by atoms with Gasteiger partial charge in [0, 0.05) is 18.1 Å². The maximum Gasteiger partial charge on any atom is 0.0991 e. The first-order valence-electron chi connectivity index (χ1n) is 5.47. The maximum atomic E-state index is 4.00. The Bertz CT molecular complexity index is 360. The number of aromatic nitrogens is 2. The lowest BCUT2D eigenvalue weighted by Crippen LogP contribution is -1.89. The first-order valence-corrected chi connectivity index (χ1v) is 5.47. The van der Waals surface area contributed by atoms with E-state index in [2.05, 4.69) is 36.2 Å². The van der Waals surface area contributed by atoms with Crippen LogP contribution in [0.5, 0.6) is 0 Å². The fourth-order valence-corrected chi connectivity index (χ4v) is 1.32. The van der Waals surface area contributed by atoms with Crippen molar-refractivity contribution in [1.82, 2.24) is 9.55 Å². The third kappa shape index (κ3) is 2.94. The van der Waals surface area contributed by atoms with Crippen LogP contribution in [0, 0.1) is 0 Å². The van der Waals surface area contributed by atoms with Crippen molar-refractivity contribution in [2.45, 2.75) is 27.2 Å². The van der Waals surface area contributed by atoms with Crippen molar-refractivity contribution in [2.75, 3.05) is 0 Å². The van der Waals surface area contributed by atoms with Gasteiger partial charge in [-0.15, -0.1) is 0 Å². The molecule has 80 valence electrons. The summed E-state index contributed by atoms with van der Waals surface area (Å²) < 4.78 is 2.00. The Hall–Kier alpha value is -1.57. The summed E-state index contributed by atoms with van der Waals surface area (Å²) >= 11 is 0. The zero-order valence-corrected chi connectivity index (χ0v) is 9.64. The standard InChI is InChI=1S/C11H12N2.C2H6/c1-2-10-3-5-11(6-4-10)13-8-7-12-9-13;1-2/h3-9H,2H2,1H3;1-2H3. The number of hydrogen-bond acceptors (Lipinski definition) is 1. The Balaban J connectivity index is 0.000000531. The van der Waals surface area contributed by atoms with E-state index in [1.54, 1.807) is 12.5 Å². The van der Waals surface area contributed by atoms with Gasteiger partial charge in [-0.05, 0) is 24.1 Å². The van der Waals surface area contributed by atoms with E-state index in [-0.39, 0.29) is 0 Å². The van der Waals surface area contributed by atoms with Gasteiger partial charge in [-0.2, -0.15) is 0 Å². The van der Waals surface area contributed by atoms with Crippen molar-refractivity contribution in [3.8, 4) is 5.69 Å². The molecule has 0 atom stereocenters. The summed E-state index contributed by atoms with van der Waals surface area (Å²) in [5.74, 6) is 0. The molecule has 2 rings (SSSR count). The monoisotopic (exact) mass is 202 g/mol. The van der Waals surface area contributed by atoms with Gasteiger partial charge in [0.2, 0.25) is 0 Å². The van der Waals surface area contributed by atoms with Gasteiger partial charge in [0.1, 0.15) is 0 Å². The fraction of sp³-hybridized carbons (Fsp3) is 0.308. The van der Waals surface area contributed by atoms with Crippen LogP contribution in [0.2, 0.25) is 0 Å². The van der Waals surface area contributed by atoms with Crippen LogP contribution in [0.15, 0.2) is 43.0 Å². The van der Waals surface area contributed by atoms with Crippen molar-refractivity contribution < 1.29 is 0 Å². The van der Waals surface area contributed by atoms with Gasteiger partial charge < -0.3 is 4.57 Å². The lowest BCUT2D eigenvalue weighted by atomic mass is 10.1. The highest BCUT2D eigenvalue weighted by Crippen LogP contribution is 2.09. The van der Waals surface area contributed by atoms with E-state index in [0.29, 0.717) is 0 Å². The SMILES string of the molecule is CC.CCc1ccc(-n2ccnc2)cc1. The van der Waals surface area contributed by atoms with Crippen molar-refractivity contribution in [3.63, 3.8) is 0 Å². The number of rotatable bonds is 2. The zero-order chi connectivity index (χ0) is 11.1. The molecular weight excluding hydrogens is 184 g/mol. The second kappa shape index (κ2) is 6.02. The topological polar surface area (TPSA) is 17.8 Å². The lowest BCUT2D eigenvalue weighted by molar-refractivity contribution is 1.05. The molecule has 0 spiro atoms. The molecule has 0 N–H and O–H groups in total. The smallest absolute Gasteiger partial charge is 0.0991 e. The molecule has 1 aromatic carbocycles. The van der Waals surface area contributed by atoms with Crippen molar-refractivity contribution in [3.05, 3.63) is 48.5 Å². The minimum atomic E-state index is 1.09. The van der Waals surface area contributed by atoms with Gasteiger partial charge in [-0.25, -0.2) is 4.98 Å². The Morgan fingerprint density at radius 3 is 2.27 bits per heavy atom. The molecule has 0 saturated heterocycles. The van der Waals surface area contributed by atoms with Gasteiger partial charge in [0.15, 0.2) is 0 Å². The highest BCUT2D eigenvalue weighted by Gasteiger charge is 1.94. The molecule has 0 bridgehead atoms. The van der Waals surface area contributed by atoms with Gasteiger partial charge >= 0.3 is 0 Å². The average Bonchev–Trinajstić information content (AvgIpc) is 2.85. The van der Waals surface area contributed by atoms with E-state index in [1.165, 1.54) is 5.56 Å². The highest BCUT2D eigenvalue weighted by atomic mass is 15.0. The summed E-state index contributed by atoms with van der Waals surface area (Å²) in [6, 6.07) is 8.52. The minimum Gasteiger partial charge on any atom is -0.306 e. The first-order chi connectivity index (χ1) is 7.40. The molecule has 0 unspecified atom stereocenters. The largest absolute Gasteiger partial charge is 0.306 e. The molecule has 0 aliphatic carbocycles. The molecule has 1 heterocycles. The van der Waals surface area contributed by atoms with Gasteiger partial charge in [-0.3, -0.25) is 0 Å². The molecule has 0 fully saturated rings. The van der Waals surface area contributed by atoms with E-state index >= 15 is 0 Å². The Morgan fingerprint density at radius 1 is 1.13 bits per heavy atom. The number of benzene rings is 1. The molecule has 0 saturated carbocycles. The van der Waals surface area contributed by atoms with Crippen LogP contribution >= 0.6 is 0 Å². The van der Waals surface area contributed by atoms with E-state index in [9.17, 15) is 0 Å². The predicted molar refractivity (Wildman–Crippen MR) is 64.3 cm³/mol. The summed E-state index contributed by atoms with van der Waals surface area (Å²) in [4.78, 5) is 4.00. The van der Waals surface area contributed by atoms with Crippen LogP contribution in [-0.4, -0.2) is 9.55 Å². The maximum absolute atomic E-state index is 4.00. The predicted octanol–water partition coefficient (Wildman–Crippen LogP) is 3.46. The summed E-state index contributed by atoms with van der Waals surface area (Å²) in [5, 5.41) is 0. The molecule has 1 aromatic heterocycles. The molecular formula is C13H18N2. The number of imidazole rings is 1. The second-order valence-electron chi connectivity index (χ2n) is 2.99. The van der Waals surface area contributed by atoms with E-state index in [0.717, 1.165) is 12.1 Å². The van der Waals surface area contributed by atoms with E-state index < -0.39 is 0 Å².